The highest BCUT2D eigenvalue weighted by atomic mass is 16.7. The molecule has 0 unspecified atom stereocenters. The van der Waals surface area contributed by atoms with E-state index in [1.807, 2.05) is 39.0 Å². The number of para-hydroxylation sites is 1. The lowest BCUT2D eigenvalue weighted by Gasteiger charge is -2.35. The van der Waals surface area contributed by atoms with Gasteiger partial charge in [0.1, 0.15) is 18.1 Å². The van der Waals surface area contributed by atoms with Crippen molar-refractivity contribution in [1.29, 1.82) is 0 Å². The molecule has 0 radical (unpaired) electrons. The van der Waals surface area contributed by atoms with Crippen molar-refractivity contribution in [2.75, 3.05) is 11.7 Å². The molecule has 2 amide bonds. The molecule has 1 aliphatic rings. The fourth-order valence-electron chi connectivity index (χ4n) is 4.51. The Labute approximate surface area is 231 Å². The summed E-state index contributed by atoms with van der Waals surface area (Å²) in [5, 5.41) is 11.4. The number of nitrogens with zero attached hydrogens (tertiary/aromatic N) is 5. The van der Waals surface area contributed by atoms with Crippen LogP contribution in [0.3, 0.4) is 0 Å². The summed E-state index contributed by atoms with van der Waals surface area (Å²) < 4.78 is 12.6. The van der Waals surface area contributed by atoms with E-state index in [1.165, 1.54) is 22.7 Å². The van der Waals surface area contributed by atoms with E-state index in [9.17, 15) is 14.4 Å². The molecule has 1 atom stereocenters. The van der Waals surface area contributed by atoms with Crippen LogP contribution < -0.4 is 19.7 Å². The number of ketones is 1. The van der Waals surface area contributed by atoms with E-state index in [1.54, 1.807) is 36.5 Å². The van der Waals surface area contributed by atoms with Gasteiger partial charge in [-0.25, -0.2) is 4.68 Å². The maximum absolute atomic E-state index is 14.3. The Morgan fingerprint density at radius 1 is 1.10 bits per heavy atom. The zero-order valence-electron chi connectivity index (χ0n) is 22.7. The molecule has 0 fully saturated rings. The molecule has 0 aliphatic carbocycles. The summed E-state index contributed by atoms with van der Waals surface area (Å²) in [4.78, 5) is 46.9. The molecule has 0 saturated carbocycles. The molecule has 0 saturated heterocycles. The van der Waals surface area contributed by atoms with Gasteiger partial charge in [-0.1, -0.05) is 30.3 Å². The molecule has 3 heterocycles. The molecule has 2 aromatic heterocycles. The van der Waals surface area contributed by atoms with Gasteiger partial charge in [0.05, 0.1) is 11.2 Å². The Morgan fingerprint density at radius 2 is 1.85 bits per heavy atom. The first kappa shape index (κ1) is 26.8. The van der Waals surface area contributed by atoms with Crippen molar-refractivity contribution in [2.45, 2.75) is 52.2 Å². The first-order valence-corrected chi connectivity index (χ1v) is 13.0. The van der Waals surface area contributed by atoms with Gasteiger partial charge in [0.15, 0.2) is 17.3 Å². The van der Waals surface area contributed by atoms with Crippen LogP contribution in [0.1, 0.15) is 56.1 Å². The normalized spacial score (nSPS) is 13.2. The van der Waals surface area contributed by atoms with Gasteiger partial charge in [-0.05, 0) is 51.5 Å². The molecule has 1 aliphatic heterocycles. The van der Waals surface area contributed by atoms with Crippen LogP contribution in [0.15, 0.2) is 60.9 Å². The van der Waals surface area contributed by atoms with Crippen LogP contribution in [0, 0.1) is 0 Å². The van der Waals surface area contributed by atoms with E-state index in [0.29, 0.717) is 34.5 Å². The third kappa shape index (κ3) is 5.22. The molecular formula is C29H30N6O5. The number of fused-ring (bicyclic) bond motifs is 2. The van der Waals surface area contributed by atoms with Gasteiger partial charge >= 0.3 is 0 Å². The third-order valence-electron chi connectivity index (χ3n) is 6.96. The lowest BCUT2D eigenvalue weighted by atomic mass is 9.98. The molecule has 5 rings (SSSR count). The minimum atomic E-state index is -1.17. The number of carbonyl (C=O) groups is 3. The van der Waals surface area contributed by atoms with Gasteiger partial charge in [0, 0.05) is 35.1 Å². The van der Waals surface area contributed by atoms with Crippen molar-refractivity contribution in [3.63, 3.8) is 0 Å². The molecular weight excluding hydrogens is 512 g/mol. The van der Waals surface area contributed by atoms with Crippen LogP contribution in [0.4, 0.5) is 5.69 Å². The molecule has 1 N–H and O–H groups in total. The lowest BCUT2D eigenvalue weighted by Crippen LogP contribution is -2.51. The van der Waals surface area contributed by atoms with Gasteiger partial charge in [-0.2, -0.15) is 0 Å². The minimum Gasteiger partial charge on any atom is -0.454 e. The number of benzene rings is 2. The maximum atomic E-state index is 14.3. The molecule has 11 heteroatoms. The summed E-state index contributed by atoms with van der Waals surface area (Å²) in [5.74, 6) is -0.475. The van der Waals surface area contributed by atoms with Crippen LogP contribution in [-0.4, -0.2) is 49.9 Å². The van der Waals surface area contributed by atoms with E-state index in [-0.39, 0.29) is 30.4 Å². The summed E-state index contributed by atoms with van der Waals surface area (Å²) >= 11 is 0. The molecule has 4 aromatic rings. The van der Waals surface area contributed by atoms with Crippen molar-refractivity contribution in [3.05, 3.63) is 72.1 Å². The number of amides is 2. The molecule has 0 spiro atoms. The second-order valence-corrected chi connectivity index (χ2v) is 10.2. The van der Waals surface area contributed by atoms with Crippen LogP contribution >= 0.6 is 0 Å². The quantitative estimate of drug-likeness (QED) is 0.316. The number of aromatic nitrogens is 4. The van der Waals surface area contributed by atoms with Crippen LogP contribution in [-0.2, 0) is 16.1 Å². The minimum absolute atomic E-state index is 0.0216. The Hall–Kier alpha value is -4.80. The van der Waals surface area contributed by atoms with Crippen molar-refractivity contribution in [2.24, 2.45) is 0 Å². The Kier molecular flexibility index (Phi) is 7.20. The summed E-state index contributed by atoms with van der Waals surface area (Å²) in [5.41, 5.74) is 1.60. The molecule has 206 valence electrons. The van der Waals surface area contributed by atoms with Gasteiger partial charge in [0.2, 0.25) is 18.6 Å². The van der Waals surface area contributed by atoms with E-state index < -0.39 is 23.4 Å². The van der Waals surface area contributed by atoms with Gasteiger partial charge in [0.25, 0.3) is 0 Å². The topological polar surface area (TPSA) is 129 Å². The van der Waals surface area contributed by atoms with Crippen molar-refractivity contribution in [1.82, 2.24) is 25.3 Å². The van der Waals surface area contributed by atoms with Crippen LogP contribution in [0.2, 0.25) is 0 Å². The molecule has 11 nitrogen and oxygen atoms in total. The van der Waals surface area contributed by atoms with Crippen molar-refractivity contribution in [3.8, 4) is 11.5 Å². The van der Waals surface area contributed by atoms with E-state index in [2.05, 4.69) is 20.6 Å². The van der Waals surface area contributed by atoms with Crippen LogP contribution in [0.5, 0.6) is 11.5 Å². The van der Waals surface area contributed by atoms with E-state index in [0.717, 1.165) is 0 Å². The maximum Gasteiger partial charge on any atom is 0.249 e. The highest BCUT2D eigenvalue weighted by molar-refractivity contribution is 6.08. The number of rotatable bonds is 9. The van der Waals surface area contributed by atoms with E-state index >= 15 is 0 Å². The number of anilines is 1. The largest absolute Gasteiger partial charge is 0.454 e. The predicted octanol–water partition coefficient (Wildman–Crippen LogP) is 3.84. The Bertz CT molecular complexity index is 1580. The van der Waals surface area contributed by atoms with Crippen molar-refractivity contribution < 1.29 is 23.9 Å². The average molecular weight is 543 g/mol. The SMILES string of the molecule is CCC(C)(C)NC(=O)[C@@H](c1cccnc1)N(C(=O)Cn1nnc2ccccc21)c1cc2c(cc1C(C)=O)OCO2. The average Bonchev–Trinajstić information content (AvgIpc) is 3.57. The molecule has 2 aromatic carbocycles. The number of carbonyl (C=O) groups excluding carboxylic acids is 3. The zero-order chi connectivity index (χ0) is 28.4. The first-order valence-electron chi connectivity index (χ1n) is 13.0. The highest BCUT2D eigenvalue weighted by Gasteiger charge is 2.38. The van der Waals surface area contributed by atoms with Gasteiger partial charge in [-0.15, -0.1) is 5.10 Å². The standard InChI is InChI=1S/C29H30N6O5/c1-5-29(3,4)31-28(38)27(19-9-8-12-30-15-19)35(23-14-25-24(39-17-40-25)13-20(23)18(2)36)26(37)16-34-22-11-7-6-10-21(22)32-33-34/h6-15,27H,5,16-17H2,1-4H3,(H,31,38)/t27-/m1/s1. The van der Waals surface area contributed by atoms with Gasteiger partial charge < -0.3 is 14.8 Å². The smallest absolute Gasteiger partial charge is 0.249 e. The Balaban J connectivity index is 1.69. The number of ether oxygens (including phenoxy) is 2. The number of Topliss-reactive ketones (excluding diaryl/α,β-unsaturated/α-hetero) is 1. The Morgan fingerprint density at radius 3 is 2.55 bits per heavy atom. The third-order valence-corrected chi connectivity index (χ3v) is 6.96. The summed E-state index contributed by atoms with van der Waals surface area (Å²) in [6.07, 6.45) is 3.78. The van der Waals surface area contributed by atoms with E-state index in [4.69, 9.17) is 9.47 Å². The summed E-state index contributed by atoms with van der Waals surface area (Å²) in [7, 11) is 0. The number of nitrogens with one attached hydrogen (secondary N) is 1. The second-order valence-electron chi connectivity index (χ2n) is 10.2. The highest BCUT2D eigenvalue weighted by Crippen LogP contribution is 2.41. The summed E-state index contributed by atoms with van der Waals surface area (Å²) in [6, 6.07) is 12.6. The number of hydrogen-bond acceptors (Lipinski definition) is 8. The molecule has 0 bridgehead atoms. The summed E-state index contributed by atoms with van der Waals surface area (Å²) in [6.45, 7) is 6.90. The van der Waals surface area contributed by atoms with Gasteiger partial charge in [-0.3, -0.25) is 24.3 Å². The first-order chi connectivity index (χ1) is 19.2. The lowest BCUT2D eigenvalue weighted by molar-refractivity contribution is -0.128. The predicted molar refractivity (Wildman–Crippen MR) is 147 cm³/mol. The fourth-order valence-corrected chi connectivity index (χ4v) is 4.51. The second kappa shape index (κ2) is 10.8. The van der Waals surface area contributed by atoms with Crippen molar-refractivity contribution >= 4 is 34.3 Å². The zero-order valence-corrected chi connectivity index (χ0v) is 22.7. The molecule has 40 heavy (non-hydrogen) atoms. The fraction of sp³-hybridized carbons (Fsp3) is 0.310. The monoisotopic (exact) mass is 542 g/mol. The van der Waals surface area contributed by atoms with Crippen LogP contribution in [0.25, 0.3) is 11.0 Å². The number of hydrogen-bond donors (Lipinski definition) is 1. The number of pyridine rings is 1.